The third kappa shape index (κ3) is 1.95. The average Bonchev–Trinajstić information content (AvgIpc) is 2.83. The van der Waals surface area contributed by atoms with Crippen LogP contribution in [0, 0.1) is 11.3 Å². The predicted molar refractivity (Wildman–Crippen MR) is 80.5 cm³/mol. The highest BCUT2D eigenvalue weighted by Gasteiger charge is 2.15. The summed E-state index contributed by atoms with van der Waals surface area (Å²) in [6.45, 7) is 0. The fourth-order valence-corrected chi connectivity index (χ4v) is 2.80. The Balaban J connectivity index is 2.27. The number of nitrogens with one attached hydrogen (secondary N) is 1. The van der Waals surface area contributed by atoms with Crippen molar-refractivity contribution < 1.29 is 4.74 Å². The third-order valence-corrected chi connectivity index (χ3v) is 3.96. The predicted octanol–water partition coefficient (Wildman–Crippen LogP) is 3.87. The number of H-pyrrole nitrogens is 1. The van der Waals surface area contributed by atoms with Crippen LogP contribution in [0.1, 0.15) is 5.56 Å². The van der Waals surface area contributed by atoms with Gasteiger partial charge in [0.05, 0.1) is 34.5 Å². The molecular formula is C15H10BrN3O. The van der Waals surface area contributed by atoms with Crippen LogP contribution in [-0.4, -0.2) is 17.1 Å². The Kier molecular flexibility index (Phi) is 3.17. The molecule has 0 spiro atoms. The van der Waals surface area contributed by atoms with Crippen molar-refractivity contribution in [2.45, 2.75) is 0 Å². The van der Waals surface area contributed by atoms with Crippen molar-refractivity contribution in [2.24, 2.45) is 0 Å². The van der Waals surface area contributed by atoms with E-state index >= 15 is 0 Å². The largest absolute Gasteiger partial charge is 0.496 e. The van der Waals surface area contributed by atoms with Gasteiger partial charge in [-0.3, -0.25) is 4.98 Å². The minimum atomic E-state index is 0.627. The molecular weight excluding hydrogens is 318 g/mol. The van der Waals surface area contributed by atoms with E-state index in [1.165, 1.54) is 0 Å². The van der Waals surface area contributed by atoms with Gasteiger partial charge in [0.2, 0.25) is 0 Å². The summed E-state index contributed by atoms with van der Waals surface area (Å²) in [5, 5.41) is 9.95. The van der Waals surface area contributed by atoms with E-state index in [-0.39, 0.29) is 0 Å². The van der Waals surface area contributed by atoms with Crippen LogP contribution in [-0.2, 0) is 0 Å². The van der Waals surface area contributed by atoms with Crippen molar-refractivity contribution in [3.05, 3.63) is 46.7 Å². The topological polar surface area (TPSA) is 61.7 Å². The van der Waals surface area contributed by atoms with Crippen LogP contribution in [0.25, 0.3) is 22.2 Å². The SMILES string of the molecule is COc1ccncc1-c1[nH]c2ccc(C#N)cc2c1Br. The lowest BCUT2D eigenvalue weighted by Crippen LogP contribution is -1.89. The first-order chi connectivity index (χ1) is 9.74. The number of pyridine rings is 1. The van der Waals surface area contributed by atoms with Gasteiger partial charge >= 0.3 is 0 Å². The number of methoxy groups -OCH3 is 1. The molecule has 2 aromatic heterocycles. The maximum Gasteiger partial charge on any atom is 0.131 e. The van der Waals surface area contributed by atoms with E-state index in [4.69, 9.17) is 10.00 Å². The number of aromatic amines is 1. The van der Waals surface area contributed by atoms with Gasteiger partial charge in [-0.25, -0.2) is 0 Å². The molecule has 1 N–H and O–H groups in total. The van der Waals surface area contributed by atoms with Crippen molar-refractivity contribution >= 4 is 26.8 Å². The first kappa shape index (κ1) is 12.7. The molecule has 3 aromatic rings. The molecule has 0 fully saturated rings. The zero-order chi connectivity index (χ0) is 14.1. The molecule has 5 heteroatoms. The highest BCUT2D eigenvalue weighted by molar-refractivity contribution is 9.10. The molecule has 0 radical (unpaired) electrons. The molecule has 0 atom stereocenters. The molecule has 0 saturated heterocycles. The van der Waals surface area contributed by atoms with E-state index in [2.05, 4.69) is 32.0 Å². The first-order valence-electron chi connectivity index (χ1n) is 5.94. The van der Waals surface area contributed by atoms with Crippen LogP contribution in [0.5, 0.6) is 5.75 Å². The monoisotopic (exact) mass is 327 g/mol. The van der Waals surface area contributed by atoms with Crippen molar-refractivity contribution in [1.29, 1.82) is 5.26 Å². The van der Waals surface area contributed by atoms with E-state index in [1.54, 1.807) is 25.6 Å². The first-order valence-corrected chi connectivity index (χ1v) is 6.73. The van der Waals surface area contributed by atoms with Gasteiger partial charge in [0.25, 0.3) is 0 Å². The summed E-state index contributed by atoms with van der Waals surface area (Å²) in [6, 6.07) is 9.49. The van der Waals surface area contributed by atoms with Gasteiger partial charge in [-0.1, -0.05) is 0 Å². The number of halogens is 1. The lowest BCUT2D eigenvalue weighted by atomic mass is 10.1. The van der Waals surface area contributed by atoms with E-state index in [0.717, 1.165) is 32.4 Å². The minimum Gasteiger partial charge on any atom is -0.496 e. The summed E-state index contributed by atoms with van der Waals surface area (Å²) in [5.41, 5.74) is 3.34. The lowest BCUT2D eigenvalue weighted by molar-refractivity contribution is 0.416. The Morgan fingerprint density at radius 2 is 2.20 bits per heavy atom. The Labute approximate surface area is 124 Å². The average molecular weight is 328 g/mol. The molecule has 98 valence electrons. The Bertz CT molecular complexity index is 833. The molecule has 4 nitrogen and oxygen atoms in total. The van der Waals surface area contributed by atoms with E-state index in [0.29, 0.717) is 5.56 Å². The normalized spacial score (nSPS) is 10.4. The fourth-order valence-electron chi connectivity index (χ4n) is 2.16. The van der Waals surface area contributed by atoms with Crippen LogP contribution in [0.2, 0.25) is 0 Å². The summed E-state index contributed by atoms with van der Waals surface area (Å²) >= 11 is 3.59. The van der Waals surface area contributed by atoms with Gasteiger partial charge in [-0.15, -0.1) is 0 Å². The number of hydrogen-bond donors (Lipinski definition) is 1. The van der Waals surface area contributed by atoms with E-state index in [1.807, 2.05) is 18.2 Å². The maximum atomic E-state index is 8.99. The molecule has 3 rings (SSSR count). The van der Waals surface area contributed by atoms with Crippen LogP contribution in [0.3, 0.4) is 0 Å². The van der Waals surface area contributed by atoms with Gasteiger partial charge in [0.1, 0.15) is 5.75 Å². The highest BCUT2D eigenvalue weighted by atomic mass is 79.9. The number of nitriles is 1. The molecule has 0 unspecified atom stereocenters. The Morgan fingerprint density at radius 1 is 1.35 bits per heavy atom. The zero-order valence-corrected chi connectivity index (χ0v) is 12.2. The highest BCUT2D eigenvalue weighted by Crippen LogP contribution is 2.38. The molecule has 20 heavy (non-hydrogen) atoms. The summed E-state index contributed by atoms with van der Waals surface area (Å²) in [4.78, 5) is 7.47. The lowest BCUT2D eigenvalue weighted by Gasteiger charge is -2.06. The number of benzene rings is 1. The van der Waals surface area contributed by atoms with Crippen LogP contribution >= 0.6 is 15.9 Å². The summed E-state index contributed by atoms with van der Waals surface area (Å²) in [5.74, 6) is 0.743. The van der Waals surface area contributed by atoms with Crippen LogP contribution in [0.15, 0.2) is 41.1 Å². The quantitative estimate of drug-likeness (QED) is 0.777. The maximum absolute atomic E-state index is 8.99. The minimum absolute atomic E-state index is 0.627. The number of nitrogens with zero attached hydrogens (tertiary/aromatic N) is 2. The molecule has 0 amide bonds. The van der Waals surface area contributed by atoms with E-state index < -0.39 is 0 Å². The van der Waals surface area contributed by atoms with Crippen LogP contribution < -0.4 is 4.74 Å². The fraction of sp³-hybridized carbons (Fsp3) is 0.0667. The second kappa shape index (κ2) is 4.99. The molecule has 0 bridgehead atoms. The standard InChI is InChI=1S/C15H10BrN3O/c1-20-13-4-5-18-8-11(13)15-14(16)10-6-9(7-17)2-3-12(10)19-15/h2-6,8,19H,1H3. The van der Waals surface area contributed by atoms with Gasteiger partial charge in [0, 0.05) is 23.3 Å². The summed E-state index contributed by atoms with van der Waals surface area (Å²) < 4.78 is 6.26. The number of hydrogen-bond acceptors (Lipinski definition) is 3. The Morgan fingerprint density at radius 3 is 2.95 bits per heavy atom. The smallest absolute Gasteiger partial charge is 0.131 e. The van der Waals surface area contributed by atoms with Gasteiger partial charge < -0.3 is 9.72 Å². The number of ether oxygens (including phenoxy) is 1. The molecule has 0 aliphatic rings. The molecule has 0 aliphatic heterocycles. The Hall–Kier alpha value is -2.32. The summed E-state index contributed by atoms with van der Waals surface area (Å²) in [6.07, 6.45) is 3.44. The molecule has 2 heterocycles. The second-order valence-corrected chi connectivity index (χ2v) is 5.06. The molecule has 1 aromatic carbocycles. The van der Waals surface area contributed by atoms with Gasteiger partial charge in [-0.05, 0) is 40.2 Å². The second-order valence-electron chi connectivity index (χ2n) is 4.26. The van der Waals surface area contributed by atoms with Crippen molar-refractivity contribution in [3.63, 3.8) is 0 Å². The number of fused-ring (bicyclic) bond motifs is 1. The number of aromatic nitrogens is 2. The van der Waals surface area contributed by atoms with Crippen molar-refractivity contribution in [2.75, 3.05) is 7.11 Å². The van der Waals surface area contributed by atoms with Crippen molar-refractivity contribution in [1.82, 2.24) is 9.97 Å². The molecule has 0 aliphatic carbocycles. The van der Waals surface area contributed by atoms with Gasteiger partial charge in [0.15, 0.2) is 0 Å². The number of rotatable bonds is 2. The van der Waals surface area contributed by atoms with Crippen LogP contribution in [0.4, 0.5) is 0 Å². The molecule has 0 saturated carbocycles. The zero-order valence-electron chi connectivity index (χ0n) is 10.6. The van der Waals surface area contributed by atoms with Gasteiger partial charge in [-0.2, -0.15) is 5.26 Å². The van der Waals surface area contributed by atoms with Crippen molar-refractivity contribution in [3.8, 4) is 23.1 Å². The van der Waals surface area contributed by atoms with E-state index in [9.17, 15) is 0 Å². The summed E-state index contributed by atoms with van der Waals surface area (Å²) in [7, 11) is 1.63. The third-order valence-electron chi connectivity index (χ3n) is 3.13.